The molecule has 0 amide bonds. The SMILES string of the molecule is COc1ccc(S(=O)(=O)Nc2ccc(CC#N)cc2)c(C)c1C. The first-order valence-electron chi connectivity index (χ1n) is 7.02. The van der Waals surface area contributed by atoms with Crippen molar-refractivity contribution in [1.29, 1.82) is 5.26 Å². The van der Waals surface area contributed by atoms with Gasteiger partial charge in [0.15, 0.2) is 0 Å². The van der Waals surface area contributed by atoms with Gasteiger partial charge in [-0.05, 0) is 54.8 Å². The highest BCUT2D eigenvalue weighted by Crippen LogP contribution is 2.28. The summed E-state index contributed by atoms with van der Waals surface area (Å²) in [5.74, 6) is 0.655. The normalized spacial score (nSPS) is 10.9. The Morgan fingerprint density at radius 3 is 2.30 bits per heavy atom. The van der Waals surface area contributed by atoms with E-state index in [4.69, 9.17) is 10.00 Å². The van der Waals surface area contributed by atoms with Crippen LogP contribution in [-0.2, 0) is 16.4 Å². The van der Waals surface area contributed by atoms with E-state index in [-0.39, 0.29) is 4.90 Å². The standard InChI is InChI=1S/C17H18N2O3S/c1-12-13(2)17(9-8-16(12)22-3)23(20,21)19-15-6-4-14(5-7-15)10-11-18/h4-9,19H,10H2,1-3H3. The second-order valence-electron chi connectivity index (χ2n) is 5.15. The fourth-order valence-corrected chi connectivity index (χ4v) is 3.64. The minimum Gasteiger partial charge on any atom is -0.496 e. The highest BCUT2D eigenvalue weighted by molar-refractivity contribution is 7.92. The minimum atomic E-state index is -3.69. The van der Waals surface area contributed by atoms with E-state index in [1.165, 1.54) is 6.07 Å². The smallest absolute Gasteiger partial charge is 0.262 e. The molecule has 0 saturated carbocycles. The van der Waals surface area contributed by atoms with Crippen molar-refractivity contribution in [3.05, 3.63) is 53.1 Å². The number of benzene rings is 2. The number of nitrogens with one attached hydrogen (secondary N) is 1. The maximum atomic E-state index is 12.6. The van der Waals surface area contributed by atoms with Crippen LogP contribution in [0.3, 0.4) is 0 Å². The van der Waals surface area contributed by atoms with Crippen LogP contribution in [0, 0.1) is 25.2 Å². The largest absolute Gasteiger partial charge is 0.496 e. The van der Waals surface area contributed by atoms with Crippen LogP contribution < -0.4 is 9.46 Å². The van der Waals surface area contributed by atoms with Crippen LogP contribution in [0.25, 0.3) is 0 Å². The van der Waals surface area contributed by atoms with E-state index < -0.39 is 10.0 Å². The zero-order valence-corrected chi connectivity index (χ0v) is 14.1. The van der Waals surface area contributed by atoms with Crippen molar-refractivity contribution in [2.24, 2.45) is 0 Å². The molecular formula is C17H18N2O3S. The van der Waals surface area contributed by atoms with E-state index in [0.717, 1.165) is 11.1 Å². The molecule has 0 unspecified atom stereocenters. The lowest BCUT2D eigenvalue weighted by atomic mass is 10.1. The number of methoxy groups -OCH3 is 1. The van der Waals surface area contributed by atoms with Crippen molar-refractivity contribution in [2.45, 2.75) is 25.2 Å². The molecular weight excluding hydrogens is 312 g/mol. The number of nitriles is 1. The summed E-state index contributed by atoms with van der Waals surface area (Å²) in [6.45, 7) is 3.58. The Morgan fingerprint density at radius 2 is 1.74 bits per heavy atom. The van der Waals surface area contributed by atoms with Crippen molar-refractivity contribution in [3.8, 4) is 11.8 Å². The van der Waals surface area contributed by atoms with Gasteiger partial charge in [0.05, 0.1) is 24.5 Å². The molecule has 0 aliphatic carbocycles. The molecule has 0 spiro atoms. The molecule has 5 nitrogen and oxygen atoms in total. The second-order valence-corrected chi connectivity index (χ2v) is 6.80. The molecule has 0 saturated heterocycles. The zero-order valence-electron chi connectivity index (χ0n) is 13.3. The highest BCUT2D eigenvalue weighted by Gasteiger charge is 2.19. The molecule has 0 atom stereocenters. The molecule has 0 bridgehead atoms. The molecule has 0 aliphatic heterocycles. The Kier molecular flexibility index (Phi) is 4.92. The minimum absolute atomic E-state index is 0.219. The Morgan fingerprint density at radius 1 is 1.09 bits per heavy atom. The summed E-state index contributed by atoms with van der Waals surface area (Å²) in [6.07, 6.45) is 0.295. The summed E-state index contributed by atoms with van der Waals surface area (Å²) in [6, 6.07) is 12.0. The molecule has 23 heavy (non-hydrogen) atoms. The van der Waals surface area contributed by atoms with Crippen LogP contribution >= 0.6 is 0 Å². The van der Waals surface area contributed by atoms with Crippen molar-refractivity contribution in [1.82, 2.24) is 0 Å². The highest BCUT2D eigenvalue weighted by atomic mass is 32.2. The van der Waals surface area contributed by atoms with Crippen LogP contribution in [0.4, 0.5) is 5.69 Å². The number of ether oxygens (including phenoxy) is 1. The lowest BCUT2D eigenvalue weighted by molar-refractivity contribution is 0.411. The molecule has 0 heterocycles. The molecule has 0 aromatic heterocycles. The maximum Gasteiger partial charge on any atom is 0.262 e. The Bertz CT molecular complexity index is 851. The Balaban J connectivity index is 2.32. The van der Waals surface area contributed by atoms with Gasteiger partial charge >= 0.3 is 0 Å². The predicted molar refractivity (Wildman–Crippen MR) is 89.0 cm³/mol. The first kappa shape index (κ1) is 16.8. The van der Waals surface area contributed by atoms with Gasteiger partial charge in [-0.2, -0.15) is 5.26 Å². The topological polar surface area (TPSA) is 79.2 Å². The van der Waals surface area contributed by atoms with Crippen LogP contribution in [0.15, 0.2) is 41.3 Å². The molecule has 2 rings (SSSR count). The third kappa shape index (κ3) is 3.63. The monoisotopic (exact) mass is 330 g/mol. The summed E-state index contributed by atoms with van der Waals surface area (Å²) < 4.78 is 32.9. The van der Waals surface area contributed by atoms with Gasteiger partial charge in [-0.15, -0.1) is 0 Å². The van der Waals surface area contributed by atoms with E-state index in [1.54, 1.807) is 44.4 Å². The number of hydrogen-bond acceptors (Lipinski definition) is 4. The van der Waals surface area contributed by atoms with Gasteiger partial charge in [0.1, 0.15) is 5.75 Å². The Labute approximate surface area is 136 Å². The van der Waals surface area contributed by atoms with Gasteiger partial charge in [-0.1, -0.05) is 12.1 Å². The van der Waals surface area contributed by atoms with Gasteiger partial charge < -0.3 is 4.74 Å². The lowest BCUT2D eigenvalue weighted by Gasteiger charge is -2.14. The first-order valence-corrected chi connectivity index (χ1v) is 8.50. The van der Waals surface area contributed by atoms with E-state index in [2.05, 4.69) is 10.8 Å². The molecule has 2 aromatic carbocycles. The van der Waals surface area contributed by atoms with Crippen molar-refractivity contribution in [2.75, 3.05) is 11.8 Å². The molecule has 0 aliphatic rings. The molecule has 2 aromatic rings. The summed E-state index contributed by atoms with van der Waals surface area (Å²) in [5.41, 5.74) is 2.74. The van der Waals surface area contributed by atoms with E-state index in [1.807, 2.05) is 6.92 Å². The average Bonchev–Trinajstić information content (AvgIpc) is 2.51. The molecule has 6 heteroatoms. The fraction of sp³-hybridized carbons (Fsp3) is 0.235. The van der Waals surface area contributed by atoms with Gasteiger partial charge in [0, 0.05) is 5.69 Å². The quantitative estimate of drug-likeness (QED) is 0.913. The summed E-state index contributed by atoms with van der Waals surface area (Å²) in [7, 11) is -2.13. The van der Waals surface area contributed by atoms with Crippen molar-refractivity contribution in [3.63, 3.8) is 0 Å². The zero-order chi connectivity index (χ0) is 17.0. The number of hydrogen-bond donors (Lipinski definition) is 1. The van der Waals surface area contributed by atoms with Gasteiger partial charge in [0.25, 0.3) is 10.0 Å². The number of sulfonamides is 1. The first-order chi connectivity index (χ1) is 10.9. The summed E-state index contributed by atoms with van der Waals surface area (Å²) in [5, 5.41) is 8.65. The van der Waals surface area contributed by atoms with Crippen molar-refractivity contribution < 1.29 is 13.2 Å². The molecule has 0 fully saturated rings. The summed E-state index contributed by atoms with van der Waals surface area (Å²) in [4.78, 5) is 0.219. The number of rotatable bonds is 5. The van der Waals surface area contributed by atoms with Crippen LogP contribution in [0.1, 0.15) is 16.7 Å². The van der Waals surface area contributed by atoms with Gasteiger partial charge in [-0.3, -0.25) is 4.72 Å². The van der Waals surface area contributed by atoms with Crippen LogP contribution in [0.2, 0.25) is 0 Å². The lowest BCUT2D eigenvalue weighted by Crippen LogP contribution is -2.15. The maximum absolute atomic E-state index is 12.6. The van der Waals surface area contributed by atoms with E-state index >= 15 is 0 Å². The van der Waals surface area contributed by atoms with E-state index in [0.29, 0.717) is 23.4 Å². The van der Waals surface area contributed by atoms with Gasteiger partial charge in [0.2, 0.25) is 0 Å². The molecule has 120 valence electrons. The molecule has 0 radical (unpaired) electrons. The number of anilines is 1. The third-order valence-corrected chi connectivity index (χ3v) is 5.21. The molecule has 1 N–H and O–H groups in total. The van der Waals surface area contributed by atoms with Gasteiger partial charge in [-0.25, -0.2) is 8.42 Å². The second kappa shape index (κ2) is 6.71. The number of nitrogens with zero attached hydrogens (tertiary/aromatic N) is 1. The van der Waals surface area contributed by atoms with Crippen molar-refractivity contribution >= 4 is 15.7 Å². The van der Waals surface area contributed by atoms with Crippen LogP contribution in [0.5, 0.6) is 5.75 Å². The average molecular weight is 330 g/mol. The van der Waals surface area contributed by atoms with Crippen LogP contribution in [-0.4, -0.2) is 15.5 Å². The predicted octanol–water partition coefficient (Wildman–Crippen LogP) is 3.18. The summed E-state index contributed by atoms with van der Waals surface area (Å²) >= 11 is 0. The van der Waals surface area contributed by atoms with E-state index in [9.17, 15) is 8.42 Å². The fourth-order valence-electron chi connectivity index (χ4n) is 2.28. The Hall–Kier alpha value is -2.52. The third-order valence-electron chi connectivity index (χ3n) is 3.69.